The first-order chi connectivity index (χ1) is 22.0. The van der Waals surface area contributed by atoms with Crippen molar-refractivity contribution in [3.8, 4) is 18.1 Å². The van der Waals surface area contributed by atoms with Crippen LogP contribution in [0.3, 0.4) is 0 Å². The van der Waals surface area contributed by atoms with Gasteiger partial charge in [-0.1, -0.05) is 5.92 Å². The van der Waals surface area contributed by atoms with Crippen molar-refractivity contribution in [1.82, 2.24) is 9.55 Å². The van der Waals surface area contributed by atoms with E-state index < -0.39 is 63.8 Å². The van der Waals surface area contributed by atoms with Crippen molar-refractivity contribution in [2.45, 2.75) is 54.3 Å². The molecule has 0 fully saturated rings. The summed E-state index contributed by atoms with van der Waals surface area (Å²) in [6.45, 7) is 10.2. The van der Waals surface area contributed by atoms with Crippen LogP contribution in [0.5, 0.6) is 5.75 Å². The zero-order valence-electron chi connectivity index (χ0n) is 26.3. The number of rotatable bonds is 8. The van der Waals surface area contributed by atoms with Gasteiger partial charge in [-0.15, -0.1) is 6.42 Å². The molecule has 4 aromatic rings. The molecule has 47 heavy (non-hydrogen) atoms. The number of nitrogens with zero attached hydrogens (tertiary/aromatic N) is 3. The standard InChI is InChI=1S/C34H30F5N3O5/c1-8-13-41(21-11-9-20(10-12-21)32(44)47-30-28(38)26(36)25(35)27(37)29(30)39)18(3)22-15-23-24(14-17(22)2)40-19(4)42(31(23)43)16-46-33(45)34(5,6)7/h1,9-12,14-15,18H,13,16H2,2-7H3. The molecule has 1 unspecified atom stereocenters. The van der Waals surface area contributed by atoms with Gasteiger partial charge in [0.25, 0.3) is 5.56 Å². The Kier molecular flexibility index (Phi) is 9.75. The molecule has 0 bridgehead atoms. The van der Waals surface area contributed by atoms with Crippen LogP contribution in [0.25, 0.3) is 10.9 Å². The number of halogens is 5. The van der Waals surface area contributed by atoms with E-state index in [2.05, 4.69) is 15.6 Å². The Labute approximate surface area is 266 Å². The van der Waals surface area contributed by atoms with Gasteiger partial charge in [0.1, 0.15) is 5.82 Å². The van der Waals surface area contributed by atoms with Crippen molar-refractivity contribution >= 4 is 28.5 Å². The number of hydrogen-bond donors (Lipinski definition) is 0. The minimum absolute atomic E-state index is 0.0755. The van der Waals surface area contributed by atoms with Crippen molar-refractivity contribution in [1.29, 1.82) is 0 Å². The number of hydrogen-bond acceptors (Lipinski definition) is 7. The lowest BCUT2D eigenvalue weighted by Gasteiger charge is -2.31. The number of aromatic nitrogens is 2. The third-order valence-electron chi connectivity index (χ3n) is 7.45. The van der Waals surface area contributed by atoms with E-state index in [1.165, 1.54) is 28.8 Å². The minimum Gasteiger partial charge on any atom is -0.443 e. The number of terminal acetylenes is 1. The summed E-state index contributed by atoms with van der Waals surface area (Å²) in [4.78, 5) is 44.7. The highest BCUT2D eigenvalue weighted by molar-refractivity contribution is 5.91. The first-order valence-electron chi connectivity index (χ1n) is 14.2. The van der Waals surface area contributed by atoms with E-state index in [4.69, 9.17) is 11.2 Å². The molecule has 3 aromatic carbocycles. The maximum absolute atomic E-state index is 14.0. The molecule has 0 saturated carbocycles. The molecule has 0 amide bonds. The van der Waals surface area contributed by atoms with Gasteiger partial charge < -0.3 is 14.4 Å². The Morgan fingerprint density at radius 2 is 1.55 bits per heavy atom. The monoisotopic (exact) mass is 655 g/mol. The molecule has 0 aliphatic carbocycles. The number of aryl methyl sites for hydroxylation is 2. The van der Waals surface area contributed by atoms with Crippen molar-refractivity contribution < 1.29 is 41.0 Å². The average molecular weight is 656 g/mol. The van der Waals surface area contributed by atoms with Gasteiger partial charge in [0, 0.05) is 5.69 Å². The maximum Gasteiger partial charge on any atom is 0.343 e. The summed E-state index contributed by atoms with van der Waals surface area (Å²) < 4.78 is 79.6. The van der Waals surface area contributed by atoms with Crippen LogP contribution in [-0.4, -0.2) is 28.0 Å². The molecule has 0 N–H and O–H groups in total. The van der Waals surface area contributed by atoms with E-state index in [9.17, 15) is 36.3 Å². The predicted molar refractivity (Wildman–Crippen MR) is 163 cm³/mol. The Balaban J connectivity index is 1.65. The predicted octanol–water partition coefficient (Wildman–Crippen LogP) is 6.68. The second-order valence-electron chi connectivity index (χ2n) is 11.8. The van der Waals surface area contributed by atoms with Crippen LogP contribution in [0.2, 0.25) is 0 Å². The fourth-order valence-corrected chi connectivity index (χ4v) is 4.78. The molecule has 4 rings (SSSR count). The van der Waals surface area contributed by atoms with E-state index in [0.717, 1.165) is 5.56 Å². The molecule has 246 valence electrons. The second kappa shape index (κ2) is 13.2. The first-order valence-corrected chi connectivity index (χ1v) is 14.2. The average Bonchev–Trinajstić information content (AvgIpc) is 3.02. The zero-order valence-corrected chi connectivity index (χ0v) is 26.3. The fraction of sp³-hybridized carbons (Fsp3) is 0.294. The van der Waals surface area contributed by atoms with Gasteiger partial charge in [0.05, 0.1) is 34.5 Å². The van der Waals surface area contributed by atoms with Gasteiger partial charge in [-0.25, -0.2) is 22.9 Å². The summed E-state index contributed by atoms with van der Waals surface area (Å²) >= 11 is 0. The molecule has 0 saturated heterocycles. The van der Waals surface area contributed by atoms with E-state index in [0.29, 0.717) is 22.6 Å². The minimum atomic E-state index is -2.38. The van der Waals surface area contributed by atoms with Crippen LogP contribution in [0.15, 0.2) is 41.2 Å². The Hall–Kier alpha value is -5.25. The highest BCUT2D eigenvalue weighted by Crippen LogP contribution is 2.32. The Morgan fingerprint density at radius 1 is 0.979 bits per heavy atom. The first kappa shape index (κ1) is 34.6. The van der Waals surface area contributed by atoms with Crippen LogP contribution >= 0.6 is 0 Å². The topological polar surface area (TPSA) is 90.7 Å². The van der Waals surface area contributed by atoms with Crippen molar-refractivity contribution in [3.05, 3.63) is 98.4 Å². The van der Waals surface area contributed by atoms with E-state index >= 15 is 0 Å². The number of carbonyl (C=O) groups is 2. The third-order valence-corrected chi connectivity index (χ3v) is 7.45. The van der Waals surface area contributed by atoms with Gasteiger partial charge in [-0.05, 0) is 89.1 Å². The van der Waals surface area contributed by atoms with E-state index in [1.54, 1.807) is 44.7 Å². The van der Waals surface area contributed by atoms with Gasteiger partial charge in [0.2, 0.25) is 34.8 Å². The number of esters is 2. The molecule has 0 aliphatic rings. The Bertz CT molecular complexity index is 1970. The van der Waals surface area contributed by atoms with Crippen molar-refractivity contribution in [2.75, 3.05) is 11.4 Å². The molecule has 0 radical (unpaired) electrons. The molecular formula is C34H30F5N3O5. The smallest absolute Gasteiger partial charge is 0.343 e. The number of benzene rings is 3. The Morgan fingerprint density at radius 3 is 2.11 bits per heavy atom. The molecule has 1 heterocycles. The van der Waals surface area contributed by atoms with Crippen LogP contribution in [0.4, 0.5) is 27.6 Å². The van der Waals surface area contributed by atoms with Crippen molar-refractivity contribution in [2.24, 2.45) is 5.41 Å². The summed E-state index contributed by atoms with van der Waals surface area (Å²) in [5.41, 5.74) is 1.01. The third kappa shape index (κ3) is 6.82. The number of fused-ring (bicyclic) bond motifs is 1. The fourth-order valence-electron chi connectivity index (χ4n) is 4.78. The highest BCUT2D eigenvalue weighted by Gasteiger charge is 2.29. The molecular weight excluding hydrogens is 625 g/mol. The van der Waals surface area contributed by atoms with Crippen LogP contribution in [-0.2, 0) is 16.3 Å². The summed E-state index contributed by atoms with van der Waals surface area (Å²) in [7, 11) is 0. The van der Waals surface area contributed by atoms with Crippen LogP contribution in [0.1, 0.15) is 61.0 Å². The van der Waals surface area contributed by atoms with Gasteiger partial charge in [-0.3, -0.25) is 14.2 Å². The van der Waals surface area contributed by atoms with Crippen LogP contribution < -0.4 is 15.2 Å². The normalized spacial score (nSPS) is 12.0. The van der Waals surface area contributed by atoms with Gasteiger partial charge >= 0.3 is 11.9 Å². The quantitative estimate of drug-likeness (QED) is 0.0523. The second-order valence-corrected chi connectivity index (χ2v) is 11.8. The SMILES string of the molecule is C#CCN(c1ccc(C(=O)Oc2c(F)c(F)c(F)c(F)c2F)cc1)C(C)c1cc2c(=O)n(COC(=O)C(C)(C)C)c(C)nc2cc1C. The largest absolute Gasteiger partial charge is 0.443 e. The van der Waals surface area contributed by atoms with Crippen LogP contribution in [0, 0.1) is 60.7 Å². The molecule has 8 nitrogen and oxygen atoms in total. The lowest BCUT2D eigenvalue weighted by Crippen LogP contribution is -2.30. The van der Waals surface area contributed by atoms with E-state index in [1.807, 2.05) is 13.8 Å². The van der Waals surface area contributed by atoms with Gasteiger partial charge in [-0.2, -0.15) is 8.78 Å². The number of carbonyl (C=O) groups excluding carboxylic acids is 2. The molecule has 13 heteroatoms. The molecule has 0 spiro atoms. The maximum atomic E-state index is 14.0. The highest BCUT2D eigenvalue weighted by atomic mass is 19.2. The lowest BCUT2D eigenvalue weighted by atomic mass is 9.97. The summed E-state index contributed by atoms with van der Waals surface area (Å²) in [5.74, 6) is -12.1. The summed E-state index contributed by atoms with van der Waals surface area (Å²) in [6.07, 6.45) is 5.66. The number of ether oxygens (including phenoxy) is 2. The lowest BCUT2D eigenvalue weighted by molar-refractivity contribution is -0.157. The number of anilines is 1. The van der Waals surface area contributed by atoms with E-state index in [-0.39, 0.29) is 24.2 Å². The molecule has 1 aromatic heterocycles. The van der Waals surface area contributed by atoms with Crippen molar-refractivity contribution in [3.63, 3.8) is 0 Å². The molecule has 0 aliphatic heterocycles. The summed E-state index contributed by atoms with van der Waals surface area (Å²) in [6, 6.07) is 8.38. The zero-order chi connectivity index (χ0) is 35.0. The molecule has 1 atom stereocenters. The summed E-state index contributed by atoms with van der Waals surface area (Å²) in [5, 5.41) is 0.279. The van der Waals surface area contributed by atoms with Gasteiger partial charge in [0.15, 0.2) is 6.73 Å².